The molecule has 0 radical (unpaired) electrons. The van der Waals surface area contributed by atoms with E-state index in [1.54, 1.807) is 38.6 Å². The molecule has 8 heteroatoms. The van der Waals surface area contributed by atoms with Gasteiger partial charge >= 0.3 is 6.09 Å². The minimum Gasteiger partial charge on any atom is -0.446 e. The van der Waals surface area contributed by atoms with Crippen molar-refractivity contribution >= 4 is 34.4 Å². The summed E-state index contributed by atoms with van der Waals surface area (Å²) >= 11 is 1.37. The molecular weight excluding hydrogens is 376 g/mol. The summed E-state index contributed by atoms with van der Waals surface area (Å²) in [5, 5.41) is 12.9. The van der Waals surface area contributed by atoms with Gasteiger partial charge in [0.1, 0.15) is 17.2 Å². The number of carbonyl (C=O) groups excluding carboxylic acids is 2. The lowest BCUT2D eigenvalue weighted by Crippen LogP contribution is -2.31. The van der Waals surface area contributed by atoms with E-state index in [9.17, 15) is 14.9 Å². The van der Waals surface area contributed by atoms with Crippen molar-refractivity contribution in [1.29, 1.82) is 5.26 Å². The Hall–Kier alpha value is -3.18. The standard InChI is InChI=1S/C20H20N4O3S/c1-24(2)20(26)27-14-6-7-15-16(11-21)19(28-17(15)10-14)23-18(25)8-5-13-4-3-9-22-12-13/h3-5,8-9,12,14H,6-7,10H2,1-2H3,(H,23,25). The van der Waals surface area contributed by atoms with Gasteiger partial charge in [-0.1, -0.05) is 6.07 Å². The average molecular weight is 396 g/mol. The van der Waals surface area contributed by atoms with E-state index in [2.05, 4.69) is 16.4 Å². The summed E-state index contributed by atoms with van der Waals surface area (Å²) in [4.78, 5) is 30.4. The Bertz CT molecular complexity index is 944. The highest BCUT2D eigenvalue weighted by atomic mass is 32.1. The number of nitrogens with one attached hydrogen (secondary N) is 1. The van der Waals surface area contributed by atoms with Crippen molar-refractivity contribution in [3.63, 3.8) is 0 Å². The first-order valence-corrected chi connectivity index (χ1v) is 9.61. The van der Waals surface area contributed by atoms with Crippen LogP contribution in [0.15, 0.2) is 30.6 Å². The Morgan fingerprint density at radius 2 is 2.29 bits per heavy atom. The molecule has 2 aromatic rings. The molecule has 1 unspecified atom stereocenters. The van der Waals surface area contributed by atoms with Crippen LogP contribution in [0.5, 0.6) is 0 Å². The highest BCUT2D eigenvalue weighted by molar-refractivity contribution is 7.16. The highest BCUT2D eigenvalue weighted by Gasteiger charge is 2.28. The number of ether oxygens (including phenoxy) is 1. The molecule has 0 spiro atoms. The molecule has 0 fully saturated rings. The van der Waals surface area contributed by atoms with Crippen LogP contribution in [-0.2, 0) is 22.4 Å². The largest absolute Gasteiger partial charge is 0.446 e. The molecule has 0 saturated carbocycles. The van der Waals surface area contributed by atoms with Gasteiger partial charge in [0.25, 0.3) is 0 Å². The molecule has 2 amide bonds. The Morgan fingerprint density at radius 1 is 1.46 bits per heavy atom. The number of amides is 2. The second-order valence-electron chi connectivity index (χ2n) is 6.57. The zero-order chi connectivity index (χ0) is 20.1. The molecule has 0 aliphatic heterocycles. The third kappa shape index (κ3) is 4.56. The Morgan fingerprint density at radius 3 is 2.96 bits per heavy atom. The van der Waals surface area contributed by atoms with Gasteiger partial charge in [-0.2, -0.15) is 5.26 Å². The van der Waals surface area contributed by atoms with Crippen molar-refractivity contribution in [2.75, 3.05) is 19.4 Å². The number of carbonyl (C=O) groups is 2. The number of rotatable bonds is 4. The molecule has 1 aliphatic carbocycles. The monoisotopic (exact) mass is 396 g/mol. The van der Waals surface area contributed by atoms with E-state index < -0.39 is 0 Å². The minimum atomic E-state index is -0.375. The summed E-state index contributed by atoms with van der Waals surface area (Å²) in [6.07, 6.45) is 7.65. The fourth-order valence-electron chi connectivity index (χ4n) is 2.91. The molecule has 0 aromatic carbocycles. The molecule has 28 heavy (non-hydrogen) atoms. The zero-order valence-electron chi connectivity index (χ0n) is 15.6. The van der Waals surface area contributed by atoms with Gasteiger partial charge in [0, 0.05) is 43.9 Å². The second-order valence-corrected chi connectivity index (χ2v) is 7.68. The van der Waals surface area contributed by atoms with Crippen LogP contribution in [-0.4, -0.2) is 42.1 Å². The van der Waals surface area contributed by atoms with E-state index in [4.69, 9.17) is 4.74 Å². The van der Waals surface area contributed by atoms with E-state index in [0.29, 0.717) is 29.8 Å². The normalized spacial score (nSPS) is 15.5. The van der Waals surface area contributed by atoms with E-state index in [0.717, 1.165) is 16.0 Å². The van der Waals surface area contributed by atoms with Crippen LogP contribution in [0.3, 0.4) is 0 Å². The fraction of sp³-hybridized carbons (Fsp3) is 0.300. The lowest BCUT2D eigenvalue weighted by atomic mass is 9.94. The summed E-state index contributed by atoms with van der Waals surface area (Å²) in [6.45, 7) is 0. The number of nitriles is 1. The molecule has 1 aliphatic rings. The Balaban J connectivity index is 1.71. The SMILES string of the molecule is CN(C)C(=O)OC1CCc2c(sc(NC(=O)C=Cc3cccnc3)c2C#N)C1. The summed E-state index contributed by atoms with van der Waals surface area (Å²) < 4.78 is 5.47. The lowest BCUT2D eigenvalue weighted by Gasteiger charge is -2.24. The van der Waals surface area contributed by atoms with Crippen LogP contribution >= 0.6 is 11.3 Å². The number of fused-ring (bicyclic) bond motifs is 1. The zero-order valence-corrected chi connectivity index (χ0v) is 16.5. The van der Waals surface area contributed by atoms with Crippen molar-refractivity contribution in [3.8, 4) is 6.07 Å². The van der Waals surface area contributed by atoms with Crippen molar-refractivity contribution in [3.05, 3.63) is 52.2 Å². The first-order chi connectivity index (χ1) is 13.5. The van der Waals surface area contributed by atoms with E-state index in [-0.39, 0.29) is 18.1 Å². The number of anilines is 1. The van der Waals surface area contributed by atoms with E-state index in [1.807, 2.05) is 6.07 Å². The molecule has 1 N–H and O–H groups in total. The summed E-state index contributed by atoms with van der Waals surface area (Å²) in [5.41, 5.74) is 2.26. The summed E-state index contributed by atoms with van der Waals surface area (Å²) in [7, 11) is 3.28. The third-order valence-corrected chi connectivity index (χ3v) is 5.48. The van der Waals surface area contributed by atoms with Crippen molar-refractivity contribution in [2.45, 2.75) is 25.4 Å². The van der Waals surface area contributed by atoms with Gasteiger partial charge in [-0.05, 0) is 36.1 Å². The maximum atomic E-state index is 12.3. The van der Waals surface area contributed by atoms with Crippen LogP contribution in [0.2, 0.25) is 0 Å². The number of hydrogen-bond donors (Lipinski definition) is 1. The summed E-state index contributed by atoms with van der Waals surface area (Å²) in [5.74, 6) is -0.311. The van der Waals surface area contributed by atoms with Crippen LogP contribution in [0.4, 0.5) is 9.80 Å². The van der Waals surface area contributed by atoms with Gasteiger partial charge < -0.3 is 15.0 Å². The van der Waals surface area contributed by atoms with Gasteiger partial charge in [0.15, 0.2) is 0 Å². The highest BCUT2D eigenvalue weighted by Crippen LogP contribution is 2.38. The van der Waals surface area contributed by atoms with Gasteiger partial charge in [0.2, 0.25) is 5.91 Å². The third-order valence-electron chi connectivity index (χ3n) is 4.31. The van der Waals surface area contributed by atoms with Crippen LogP contribution in [0.25, 0.3) is 6.08 Å². The van der Waals surface area contributed by atoms with Crippen molar-refractivity contribution in [2.24, 2.45) is 0 Å². The minimum absolute atomic E-state index is 0.221. The van der Waals surface area contributed by atoms with Gasteiger partial charge in [-0.25, -0.2) is 4.79 Å². The van der Waals surface area contributed by atoms with Gasteiger partial charge in [-0.15, -0.1) is 11.3 Å². The number of nitrogens with zero attached hydrogens (tertiary/aromatic N) is 3. The molecule has 1 atom stereocenters. The molecule has 2 heterocycles. The average Bonchev–Trinajstić information content (AvgIpc) is 3.03. The van der Waals surface area contributed by atoms with Crippen molar-refractivity contribution in [1.82, 2.24) is 9.88 Å². The molecular formula is C20H20N4O3S. The summed E-state index contributed by atoms with van der Waals surface area (Å²) in [6, 6.07) is 5.84. The predicted molar refractivity (Wildman–Crippen MR) is 107 cm³/mol. The van der Waals surface area contributed by atoms with Crippen LogP contribution in [0.1, 0.15) is 28.0 Å². The van der Waals surface area contributed by atoms with E-state index in [1.165, 1.54) is 22.3 Å². The second kappa shape index (κ2) is 8.67. The smallest absolute Gasteiger partial charge is 0.409 e. The van der Waals surface area contributed by atoms with Crippen LogP contribution < -0.4 is 5.32 Å². The molecule has 0 saturated heterocycles. The number of thiophene rings is 1. The van der Waals surface area contributed by atoms with Gasteiger partial charge in [0.05, 0.1) is 5.56 Å². The quantitative estimate of drug-likeness (QED) is 0.801. The predicted octanol–water partition coefficient (Wildman–Crippen LogP) is 3.22. The molecule has 7 nitrogen and oxygen atoms in total. The number of hydrogen-bond acceptors (Lipinski definition) is 6. The van der Waals surface area contributed by atoms with Crippen molar-refractivity contribution < 1.29 is 14.3 Å². The number of aromatic nitrogens is 1. The maximum Gasteiger partial charge on any atom is 0.409 e. The van der Waals surface area contributed by atoms with E-state index >= 15 is 0 Å². The number of pyridine rings is 1. The molecule has 2 aromatic heterocycles. The lowest BCUT2D eigenvalue weighted by molar-refractivity contribution is -0.111. The molecule has 3 rings (SSSR count). The Labute approximate surface area is 167 Å². The van der Waals surface area contributed by atoms with Gasteiger partial charge in [-0.3, -0.25) is 9.78 Å². The molecule has 0 bridgehead atoms. The topological polar surface area (TPSA) is 95.3 Å². The maximum absolute atomic E-state index is 12.3. The Kier molecular flexibility index (Phi) is 6.06. The van der Waals surface area contributed by atoms with Crippen LogP contribution in [0, 0.1) is 11.3 Å². The first-order valence-electron chi connectivity index (χ1n) is 8.79. The first kappa shape index (κ1) is 19.6. The molecule has 144 valence electrons. The fourth-order valence-corrected chi connectivity index (χ4v) is 4.18.